The molecule has 0 radical (unpaired) electrons. The van der Waals surface area contributed by atoms with Gasteiger partial charge < -0.3 is 5.48 Å². The van der Waals surface area contributed by atoms with Gasteiger partial charge in [0.2, 0.25) is 0 Å². The summed E-state index contributed by atoms with van der Waals surface area (Å²) in [6.07, 6.45) is 0. The Balaban J connectivity index is 0.00000128. The van der Waals surface area contributed by atoms with Crippen LogP contribution in [0, 0.1) is 13.8 Å². The van der Waals surface area contributed by atoms with Gasteiger partial charge in [-0.25, -0.2) is 0 Å². The molecule has 1 nitrogen and oxygen atoms in total. The molecule has 2 N–H and O–H groups in total. The summed E-state index contributed by atoms with van der Waals surface area (Å²) in [7, 11) is 0. The first-order valence-electron chi connectivity index (χ1n) is 5.59. The zero-order valence-corrected chi connectivity index (χ0v) is 10.5. The zero-order chi connectivity index (χ0) is 11.0. The van der Waals surface area contributed by atoms with E-state index in [2.05, 4.69) is 58.0 Å². The van der Waals surface area contributed by atoms with Crippen LogP contribution >= 0.6 is 0 Å². The van der Waals surface area contributed by atoms with E-state index < -0.39 is 0 Å². The number of aryl methyl sites for hydroxylation is 2. The smallest absolute Gasteiger partial charge is 0.0149 e. The number of rotatable bonds is 1. The van der Waals surface area contributed by atoms with Gasteiger partial charge in [-0.3, -0.25) is 0 Å². The monoisotopic (exact) mass is 216 g/mol. The lowest BCUT2D eigenvalue weighted by molar-refractivity contribution is 0.824. The molecular weight excluding hydrogens is 196 g/mol. The largest absolute Gasteiger partial charge is 0.412 e. The van der Waals surface area contributed by atoms with Crippen molar-refractivity contribution in [3.8, 4) is 11.1 Å². The highest BCUT2D eigenvalue weighted by Crippen LogP contribution is 2.31. The molecular formula is C15H20O. The minimum absolute atomic E-state index is 0. The molecule has 0 saturated heterocycles. The summed E-state index contributed by atoms with van der Waals surface area (Å²) >= 11 is 0. The first-order chi connectivity index (χ1) is 7.09. The van der Waals surface area contributed by atoms with Gasteiger partial charge in [0.05, 0.1) is 0 Å². The summed E-state index contributed by atoms with van der Waals surface area (Å²) in [5.74, 6) is 0.592. The van der Waals surface area contributed by atoms with Gasteiger partial charge in [-0.1, -0.05) is 44.2 Å². The van der Waals surface area contributed by atoms with Gasteiger partial charge in [-0.15, -0.1) is 0 Å². The van der Waals surface area contributed by atoms with E-state index in [4.69, 9.17) is 0 Å². The second-order valence-electron chi connectivity index (χ2n) is 4.66. The lowest BCUT2D eigenvalue weighted by atomic mass is 10.0. The molecule has 0 unspecified atom stereocenters. The fraction of sp³-hybridized carbons (Fsp3) is 0.333. The summed E-state index contributed by atoms with van der Waals surface area (Å²) in [6, 6.07) is 11.3. The van der Waals surface area contributed by atoms with Crippen LogP contribution in [0.2, 0.25) is 0 Å². The molecule has 0 spiro atoms. The molecule has 0 saturated carbocycles. The molecule has 86 valence electrons. The minimum atomic E-state index is 0. The molecule has 2 aliphatic rings. The van der Waals surface area contributed by atoms with E-state index in [1.165, 1.54) is 27.8 Å². The van der Waals surface area contributed by atoms with E-state index in [0.717, 1.165) is 0 Å². The predicted molar refractivity (Wildman–Crippen MR) is 70.2 cm³/mol. The number of hydrogen-bond donors (Lipinski definition) is 0. The fourth-order valence-electron chi connectivity index (χ4n) is 2.02. The van der Waals surface area contributed by atoms with Crippen LogP contribution in [0.1, 0.15) is 36.5 Å². The highest BCUT2D eigenvalue weighted by atomic mass is 16.0. The zero-order valence-electron chi connectivity index (χ0n) is 10.5. The maximum Gasteiger partial charge on any atom is -0.0149 e. The number of hydrogen-bond acceptors (Lipinski definition) is 0. The van der Waals surface area contributed by atoms with E-state index in [-0.39, 0.29) is 5.48 Å². The van der Waals surface area contributed by atoms with Crippen LogP contribution in [-0.2, 0) is 0 Å². The van der Waals surface area contributed by atoms with Crippen LogP contribution in [-0.4, -0.2) is 5.48 Å². The maximum atomic E-state index is 2.34. The molecule has 0 bridgehead atoms. The second kappa shape index (κ2) is 4.67. The Labute approximate surface area is 97.8 Å². The van der Waals surface area contributed by atoms with Gasteiger partial charge in [-0.2, -0.15) is 0 Å². The number of fused-ring (bicyclic) bond motifs is 1. The standard InChI is InChI=1S/C15H18.H2O/c1-10(2)13-7-5-11(3)14-8-6-12(4)15(14)9-13;/h5-10H,1-4H3;1H2. The summed E-state index contributed by atoms with van der Waals surface area (Å²) in [6.45, 7) is 8.86. The summed E-state index contributed by atoms with van der Waals surface area (Å²) < 4.78 is 0. The average Bonchev–Trinajstić information content (AvgIpc) is 2.43. The molecule has 0 aromatic heterocycles. The summed E-state index contributed by atoms with van der Waals surface area (Å²) in [5.41, 5.74) is 6.96. The molecule has 0 aromatic rings. The fourth-order valence-corrected chi connectivity index (χ4v) is 2.02. The van der Waals surface area contributed by atoms with Crippen molar-refractivity contribution in [2.75, 3.05) is 0 Å². The predicted octanol–water partition coefficient (Wildman–Crippen LogP) is 3.71. The van der Waals surface area contributed by atoms with Crippen molar-refractivity contribution in [3.63, 3.8) is 0 Å². The molecule has 2 rings (SSSR count). The Kier molecular flexibility index (Phi) is 3.71. The lowest BCUT2D eigenvalue weighted by Gasteiger charge is -2.03. The van der Waals surface area contributed by atoms with Crippen molar-refractivity contribution in [2.24, 2.45) is 0 Å². The Morgan fingerprint density at radius 1 is 0.812 bits per heavy atom. The molecule has 0 aromatic carbocycles. The Morgan fingerprint density at radius 3 is 2.00 bits per heavy atom. The molecule has 0 atom stereocenters. The normalized spacial score (nSPS) is 10.6. The van der Waals surface area contributed by atoms with Gasteiger partial charge in [0.15, 0.2) is 0 Å². The van der Waals surface area contributed by atoms with Crippen LogP contribution in [0.15, 0.2) is 30.3 Å². The first-order valence-corrected chi connectivity index (χ1v) is 5.59. The molecule has 0 fully saturated rings. The van der Waals surface area contributed by atoms with E-state index in [0.29, 0.717) is 5.92 Å². The maximum absolute atomic E-state index is 2.34. The van der Waals surface area contributed by atoms with Crippen molar-refractivity contribution in [1.29, 1.82) is 0 Å². The van der Waals surface area contributed by atoms with Gasteiger partial charge >= 0.3 is 0 Å². The van der Waals surface area contributed by atoms with Crippen molar-refractivity contribution < 1.29 is 5.48 Å². The Morgan fingerprint density at radius 2 is 1.38 bits per heavy atom. The average molecular weight is 216 g/mol. The van der Waals surface area contributed by atoms with Crippen LogP contribution in [0.5, 0.6) is 0 Å². The van der Waals surface area contributed by atoms with E-state index in [1.807, 2.05) is 0 Å². The first kappa shape index (κ1) is 12.7. The minimum Gasteiger partial charge on any atom is -0.412 e. The third-order valence-corrected chi connectivity index (χ3v) is 3.14. The van der Waals surface area contributed by atoms with Crippen LogP contribution in [0.4, 0.5) is 0 Å². The Hall–Kier alpha value is -1.34. The molecule has 0 aliphatic heterocycles. The van der Waals surface area contributed by atoms with Crippen LogP contribution in [0.3, 0.4) is 0 Å². The highest BCUT2D eigenvalue weighted by molar-refractivity contribution is 5.73. The quantitative estimate of drug-likeness (QED) is 0.696. The lowest BCUT2D eigenvalue weighted by Crippen LogP contribution is -1.83. The van der Waals surface area contributed by atoms with Crippen molar-refractivity contribution >= 4 is 0 Å². The van der Waals surface area contributed by atoms with Crippen molar-refractivity contribution in [2.45, 2.75) is 33.6 Å². The van der Waals surface area contributed by atoms with Gasteiger partial charge in [0, 0.05) is 0 Å². The Bertz CT molecular complexity index is 457. The molecule has 0 heterocycles. The van der Waals surface area contributed by atoms with E-state index in [9.17, 15) is 0 Å². The van der Waals surface area contributed by atoms with Gasteiger partial charge in [0.1, 0.15) is 0 Å². The summed E-state index contributed by atoms with van der Waals surface area (Å²) in [4.78, 5) is 0. The molecule has 0 amide bonds. The van der Waals surface area contributed by atoms with Gasteiger partial charge in [0.25, 0.3) is 0 Å². The van der Waals surface area contributed by atoms with Crippen LogP contribution in [0.25, 0.3) is 11.1 Å². The summed E-state index contributed by atoms with van der Waals surface area (Å²) in [5, 5.41) is 0. The second-order valence-corrected chi connectivity index (χ2v) is 4.66. The third-order valence-electron chi connectivity index (χ3n) is 3.14. The van der Waals surface area contributed by atoms with Crippen molar-refractivity contribution in [1.82, 2.24) is 0 Å². The van der Waals surface area contributed by atoms with Crippen molar-refractivity contribution in [3.05, 3.63) is 47.0 Å². The topological polar surface area (TPSA) is 31.5 Å². The highest BCUT2D eigenvalue weighted by Gasteiger charge is 2.09. The molecule has 1 heteroatoms. The van der Waals surface area contributed by atoms with Gasteiger partial charge in [-0.05, 0) is 47.6 Å². The third kappa shape index (κ3) is 2.10. The SMILES string of the molecule is Cc1ccc(C(C)C)cc2c(C)ccc1-2.O. The van der Waals surface area contributed by atoms with Crippen LogP contribution < -0.4 is 0 Å². The molecule has 16 heavy (non-hydrogen) atoms. The molecule has 2 aliphatic carbocycles. The van der Waals surface area contributed by atoms with E-state index in [1.54, 1.807) is 0 Å². The van der Waals surface area contributed by atoms with E-state index >= 15 is 0 Å².